The van der Waals surface area contributed by atoms with E-state index in [1.54, 1.807) is 6.92 Å². The number of aryl methyl sites for hydroxylation is 2. The van der Waals surface area contributed by atoms with Gasteiger partial charge in [-0.2, -0.15) is 5.10 Å². The Labute approximate surface area is 186 Å². The molecule has 2 heterocycles. The monoisotopic (exact) mass is 442 g/mol. The highest BCUT2D eigenvalue weighted by atomic mass is 32.1. The minimum atomic E-state index is -0.357. The summed E-state index contributed by atoms with van der Waals surface area (Å²) < 4.78 is 7.16. The lowest BCUT2D eigenvalue weighted by Crippen LogP contribution is -2.30. The van der Waals surface area contributed by atoms with Crippen molar-refractivity contribution in [3.8, 4) is 10.4 Å². The first kappa shape index (κ1) is 22.0. The van der Waals surface area contributed by atoms with E-state index in [-0.39, 0.29) is 5.97 Å². The van der Waals surface area contributed by atoms with Crippen LogP contribution in [0.4, 0.5) is 5.00 Å². The molecule has 6 nitrogen and oxygen atoms in total. The minimum absolute atomic E-state index is 0.319. The average Bonchev–Trinajstić information content (AvgIpc) is 3.32. The number of hydrogen-bond acceptors (Lipinski definition) is 5. The second kappa shape index (κ2) is 9.86. The summed E-state index contributed by atoms with van der Waals surface area (Å²) in [6, 6.07) is 11.8. The zero-order chi connectivity index (χ0) is 21.7. The van der Waals surface area contributed by atoms with Gasteiger partial charge in [-0.15, -0.1) is 11.3 Å². The fourth-order valence-corrected chi connectivity index (χ4v) is 4.27. The standard InChI is InChI=1S/C22H26N4O2S2/c1-5-26-14-17(15(3)24-26)13-25(4)22(29)23-20-18(21(27)28-6-2)12-19(30-20)16-10-8-7-9-11-16/h7-12,14H,5-6,13H2,1-4H3,(H,23,29). The van der Waals surface area contributed by atoms with Crippen LogP contribution in [-0.2, 0) is 17.8 Å². The van der Waals surface area contributed by atoms with Gasteiger partial charge in [0.15, 0.2) is 5.11 Å². The quantitative estimate of drug-likeness (QED) is 0.413. The van der Waals surface area contributed by atoms with E-state index in [9.17, 15) is 4.79 Å². The van der Waals surface area contributed by atoms with E-state index in [0.717, 1.165) is 28.2 Å². The van der Waals surface area contributed by atoms with E-state index in [1.807, 2.05) is 66.1 Å². The van der Waals surface area contributed by atoms with E-state index in [1.165, 1.54) is 11.3 Å². The molecule has 158 valence electrons. The van der Waals surface area contributed by atoms with Gasteiger partial charge in [-0.05, 0) is 44.6 Å². The molecule has 0 saturated heterocycles. The molecule has 0 saturated carbocycles. The summed E-state index contributed by atoms with van der Waals surface area (Å²) in [5.41, 5.74) is 3.64. The summed E-state index contributed by atoms with van der Waals surface area (Å²) in [5, 5.41) is 8.95. The number of hydrogen-bond donors (Lipinski definition) is 1. The van der Waals surface area contributed by atoms with Crippen LogP contribution in [0.3, 0.4) is 0 Å². The van der Waals surface area contributed by atoms with Crippen LogP contribution < -0.4 is 5.32 Å². The number of aromatic nitrogens is 2. The summed E-state index contributed by atoms with van der Waals surface area (Å²) in [4.78, 5) is 15.4. The van der Waals surface area contributed by atoms with Gasteiger partial charge in [0.2, 0.25) is 0 Å². The predicted molar refractivity (Wildman–Crippen MR) is 126 cm³/mol. The number of thiocarbonyl (C=S) groups is 1. The molecular formula is C22H26N4O2S2. The molecule has 0 aliphatic rings. The normalized spacial score (nSPS) is 10.7. The number of esters is 1. The summed E-state index contributed by atoms with van der Waals surface area (Å²) in [7, 11) is 1.92. The average molecular weight is 443 g/mol. The molecule has 2 aromatic heterocycles. The first-order valence-corrected chi connectivity index (χ1v) is 11.1. The third-order valence-corrected chi connectivity index (χ3v) is 6.15. The Hall–Kier alpha value is -2.71. The van der Waals surface area contributed by atoms with Crippen molar-refractivity contribution in [1.29, 1.82) is 0 Å². The number of rotatable bonds is 7. The Kier molecular flexibility index (Phi) is 7.23. The van der Waals surface area contributed by atoms with Crippen molar-refractivity contribution in [1.82, 2.24) is 14.7 Å². The van der Waals surface area contributed by atoms with Crippen LogP contribution >= 0.6 is 23.6 Å². The molecule has 0 aliphatic heterocycles. The third-order valence-electron chi connectivity index (χ3n) is 4.63. The van der Waals surface area contributed by atoms with Crippen LogP contribution in [0.15, 0.2) is 42.6 Å². The van der Waals surface area contributed by atoms with Crippen molar-refractivity contribution >= 4 is 39.6 Å². The Morgan fingerprint density at radius 1 is 1.30 bits per heavy atom. The number of ether oxygens (including phenoxy) is 1. The maximum Gasteiger partial charge on any atom is 0.341 e. The molecule has 0 fully saturated rings. The van der Waals surface area contributed by atoms with E-state index in [2.05, 4.69) is 17.3 Å². The van der Waals surface area contributed by atoms with Crippen molar-refractivity contribution < 1.29 is 9.53 Å². The zero-order valence-corrected chi connectivity index (χ0v) is 19.3. The smallest absolute Gasteiger partial charge is 0.341 e. The van der Waals surface area contributed by atoms with Crippen LogP contribution in [0.1, 0.15) is 35.5 Å². The second-order valence-electron chi connectivity index (χ2n) is 6.82. The lowest BCUT2D eigenvalue weighted by atomic mass is 10.1. The van der Waals surface area contributed by atoms with Crippen LogP contribution in [-0.4, -0.2) is 39.4 Å². The molecule has 8 heteroatoms. The molecule has 3 aromatic rings. The van der Waals surface area contributed by atoms with Gasteiger partial charge < -0.3 is 15.0 Å². The van der Waals surface area contributed by atoms with Crippen molar-refractivity contribution in [2.24, 2.45) is 0 Å². The van der Waals surface area contributed by atoms with Crippen LogP contribution in [0.5, 0.6) is 0 Å². The fourth-order valence-electron chi connectivity index (χ4n) is 2.99. The van der Waals surface area contributed by atoms with Crippen LogP contribution in [0.25, 0.3) is 10.4 Å². The molecule has 0 unspecified atom stereocenters. The van der Waals surface area contributed by atoms with Gasteiger partial charge >= 0.3 is 5.97 Å². The highest BCUT2D eigenvalue weighted by Gasteiger charge is 2.20. The molecule has 0 spiro atoms. The molecule has 0 amide bonds. The zero-order valence-electron chi connectivity index (χ0n) is 17.6. The molecule has 0 aliphatic carbocycles. The summed E-state index contributed by atoms with van der Waals surface area (Å²) >= 11 is 7.10. The Balaban J connectivity index is 1.81. The van der Waals surface area contributed by atoms with Gasteiger partial charge in [0, 0.05) is 36.8 Å². The maximum absolute atomic E-state index is 12.5. The van der Waals surface area contributed by atoms with Crippen LogP contribution in [0.2, 0.25) is 0 Å². The maximum atomic E-state index is 12.5. The third kappa shape index (κ3) is 5.06. The lowest BCUT2D eigenvalue weighted by molar-refractivity contribution is 0.0528. The Morgan fingerprint density at radius 2 is 2.03 bits per heavy atom. The first-order valence-electron chi connectivity index (χ1n) is 9.84. The lowest BCUT2D eigenvalue weighted by Gasteiger charge is -2.20. The van der Waals surface area contributed by atoms with E-state index < -0.39 is 0 Å². The number of benzene rings is 1. The molecular weight excluding hydrogens is 416 g/mol. The molecule has 1 aromatic carbocycles. The van der Waals surface area contributed by atoms with E-state index in [4.69, 9.17) is 17.0 Å². The molecule has 3 rings (SSSR count). The molecule has 0 radical (unpaired) electrons. The van der Waals surface area contributed by atoms with Gasteiger partial charge in [-0.3, -0.25) is 4.68 Å². The molecule has 1 N–H and O–H groups in total. The van der Waals surface area contributed by atoms with Gasteiger partial charge in [0.05, 0.1) is 17.9 Å². The Morgan fingerprint density at radius 3 is 2.67 bits per heavy atom. The summed E-state index contributed by atoms with van der Waals surface area (Å²) in [6.07, 6.45) is 2.04. The summed E-state index contributed by atoms with van der Waals surface area (Å²) in [5.74, 6) is -0.357. The fraction of sp³-hybridized carbons (Fsp3) is 0.318. The van der Waals surface area contributed by atoms with Crippen molar-refractivity contribution in [2.45, 2.75) is 33.9 Å². The Bertz CT molecular complexity index is 1030. The van der Waals surface area contributed by atoms with Crippen molar-refractivity contribution in [3.63, 3.8) is 0 Å². The number of anilines is 1. The second-order valence-corrected chi connectivity index (χ2v) is 8.26. The number of carbonyl (C=O) groups excluding carboxylic acids is 1. The van der Waals surface area contributed by atoms with E-state index >= 15 is 0 Å². The van der Waals surface area contributed by atoms with Crippen molar-refractivity contribution in [2.75, 3.05) is 19.0 Å². The number of thiophene rings is 1. The highest BCUT2D eigenvalue weighted by molar-refractivity contribution is 7.80. The predicted octanol–water partition coefficient (Wildman–Crippen LogP) is 4.95. The van der Waals surface area contributed by atoms with Crippen molar-refractivity contribution in [3.05, 3.63) is 59.4 Å². The number of carbonyl (C=O) groups is 1. The molecule has 0 atom stereocenters. The topological polar surface area (TPSA) is 59.4 Å². The van der Waals surface area contributed by atoms with E-state index in [0.29, 0.717) is 28.8 Å². The first-order chi connectivity index (χ1) is 14.4. The SMILES string of the molecule is CCOC(=O)c1cc(-c2ccccc2)sc1NC(=S)N(C)Cc1cn(CC)nc1C. The summed E-state index contributed by atoms with van der Waals surface area (Å²) in [6.45, 7) is 7.63. The largest absolute Gasteiger partial charge is 0.462 e. The van der Waals surface area contributed by atoms with Gasteiger partial charge in [0.25, 0.3) is 0 Å². The number of nitrogens with one attached hydrogen (secondary N) is 1. The molecule has 0 bridgehead atoms. The molecule has 30 heavy (non-hydrogen) atoms. The van der Waals surface area contributed by atoms with Crippen LogP contribution in [0, 0.1) is 6.92 Å². The number of nitrogens with zero attached hydrogens (tertiary/aromatic N) is 3. The van der Waals surface area contributed by atoms with Gasteiger partial charge in [-0.25, -0.2) is 4.79 Å². The minimum Gasteiger partial charge on any atom is -0.462 e. The highest BCUT2D eigenvalue weighted by Crippen LogP contribution is 2.36. The van der Waals surface area contributed by atoms with Gasteiger partial charge in [0.1, 0.15) is 5.00 Å². The van der Waals surface area contributed by atoms with Gasteiger partial charge in [-0.1, -0.05) is 30.3 Å².